The van der Waals surface area contributed by atoms with Gasteiger partial charge in [0.1, 0.15) is 23.1 Å². The number of aromatic hydroxyl groups is 1. The van der Waals surface area contributed by atoms with Crippen molar-refractivity contribution in [1.29, 1.82) is 0 Å². The van der Waals surface area contributed by atoms with Crippen molar-refractivity contribution < 1.29 is 23.6 Å². The van der Waals surface area contributed by atoms with Gasteiger partial charge in [-0.15, -0.1) is 0 Å². The first-order valence-corrected chi connectivity index (χ1v) is 7.61. The number of rotatable bonds is 5. The van der Waals surface area contributed by atoms with E-state index in [1.807, 2.05) is 0 Å². The Kier molecular flexibility index (Phi) is 4.93. The number of nitrogens with one attached hydrogen (secondary N) is 1. The smallest absolute Gasteiger partial charge is 0.283 e. The highest BCUT2D eigenvalue weighted by Gasteiger charge is 2.19. The number of phenols is 1. The number of nitrogens with zero attached hydrogens (tertiary/aromatic N) is 2. The number of hydrogen-bond acceptors (Lipinski definition) is 6. The maximum absolute atomic E-state index is 13.2. The zero-order chi connectivity index (χ0) is 19.4. The fraction of sp³-hybridized carbons (Fsp3) is 0. The normalized spacial score (nSPS) is 10.9. The third kappa shape index (κ3) is 3.98. The standard InChI is InChI=1S/C18H12FN3O5/c19-11-5-7-13(15(9-11)22(25)26)17-8-6-12(27-17)10-20-21-18(24)14-3-1-2-4-16(14)23/h1-10,23H,(H,21,24)/b20-10+. The Balaban J connectivity index is 1.75. The average Bonchev–Trinajstić information content (AvgIpc) is 3.10. The van der Waals surface area contributed by atoms with Gasteiger partial charge in [0, 0.05) is 0 Å². The van der Waals surface area contributed by atoms with Gasteiger partial charge in [-0.1, -0.05) is 12.1 Å². The maximum Gasteiger partial charge on any atom is 0.283 e. The molecule has 0 fully saturated rings. The summed E-state index contributed by atoms with van der Waals surface area (Å²) in [5.41, 5.74) is 1.96. The van der Waals surface area contributed by atoms with E-state index in [1.54, 1.807) is 12.1 Å². The summed E-state index contributed by atoms with van der Waals surface area (Å²) in [6.45, 7) is 0. The van der Waals surface area contributed by atoms with Gasteiger partial charge in [0.25, 0.3) is 11.6 Å². The van der Waals surface area contributed by atoms with E-state index in [4.69, 9.17) is 4.42 Å². The summed E-state index contributed by atoms with van der Waals surface area (Å²) in [5.74, 6) is -1.18. The second kappa shape index (κ2) is 7.48. The fourth-order valence-corrected chi connectivity index (χ4v) is 2.31. The van der Waals surface area contributed by atoms with Crippen LogP contribution in [-0.2, 0) is 0 Å². The fourth-order valence-electron chi connectivity index (χ4n) is 2.31. The third-order valence-electron chi connectivity index (χ3n) is 3.56. The summed E-state index contributed by atoms with van der Waals surface area (Å²) < 4.78 is 18.7. The van der Waals surface area contributed by atoms with Crippen LogP contribution in [0.15, 0.2) is 64.1 Å². The van der Waals surface area contributed by atoms with Crippen molar-refractivity contribution in [3.8, 4) is 17.1 Å². The summed E-state index contributed by atoms with van der Waals surface area (Å²) in [4.78, 5) is 22.3. The van der Waals surface area contributed by atoms with Gasteiger partial charge in [-0.25, -0.2) is 9.82 Å². The number of hydrazone groups is 1. The first kappa shape index (κ1) is 17.8. The minimum absolute atomic E-state index is 0.0525. The predicted molar refractivity (Wildman–Crippen MR) is 93.9 cm³/mol. The van der Waals surface area contributed by atoms with E-state index in [1.165, 1.54) is 36.5 Å². The van der Waals surface area contributed by atoms with Gasteiger partial charge in [-0.2, -0.15) is 5.10 Å². The number of para-hydroxylation sites is 1. The first-order valence-electron chi connectivity index (χ1n) is 7.61. The Bertz CT molecular complexity index is 1040. The minimum atomic E-state index is -0.731. The van der Waals surface area contributed by atoms with Crippen LogP contribution in [0.3, 0.4) is 0 Å². The van der Waals surface area contributed by atoms with Gasteiger partial charge >= 0.3 is 0 Å². The quantitative estimate of drug-likeness (QED) is 0.406. The second-order valence-corrected chi connectivity index (χ2v) is 5.34. The predicted octanol–water partition coefficient (Wildman–Crippen LogP) is 3.46. The number of halogens is 1. The van der Waals surface area contributed by atoms with E-state index in [0.717, 1.165) is 12.1 Å². The highest BCUT2D eigenvalue weighted by Crippen LogP contribution is 2.31. The molecule has 0 aliphatic rings. The number of hydrogen-bond donors (Lipinski definition) is 2. The Morgan fingerprint density at radius 1 is 1.22 bits per heavy atom. The van der Waals surface area contributed by atoms with Crippen molar-refractivity contribution in [3.63, 3.8) is 0 Å². The molecule has 0 atom stereocenters. The van der Waals surface area contributed by atoms with Crippen molar-refractivity contribution in [2.24, 2.45) is 5.10 Å². The molecule has 1 amide bonds. The topological polar surface area (TPSA) is 118 Å². The van der Waals surface area contributed by atoms with Crippen LogP contribution in [0.5, 0.6) is 5.75 Å². The number of carbonyl (C=O) groups is 1. The summed E-state index contributed by atoms with van der Waals surface area (Å²) in [6, 6.07) is 12.0. The molecule has 1 aromatic heterocycles. The summed E-state index contributed by atoms with van der Waals surface area (Å²) >= 11 is 0. The van der Waals surface area contributed by atoms with Crippen molar-refractivity contribution in [3.05, 3.63) is 81.9 Å². The van der Waals surface area contributed by atoms with E-state index < -0.39 is 22.3 Å². The lowest BCUT2D eigenvalue weighted by molar-refractivity contribution is -0.384. The third-order valence-corrected chi connectivity index (χ3v) is 3.56. The molecule has 0 aliphatic carbocycles. The van der Waals surface area contributed by atoms with Crippen LogP contribution in [0.1, 0.15) is 16.1 Å². The number of nitro groups is 1. The molecular weight excluding hydrogens is 357 g/mol. The number of amides is 1. The SMILES string of the molecule is O=C(N/N=C/c1ccc(-c2ccc(F)cc2[N+](=O)[O-])o1)c1ccccc1O. The van der Waals surface area contributed by atoms with Crippen LogP contribution in [0.25, 0.3) is 11.3 Å². The molecule has 0 saturated heterocycles. The Hall–Kier alpha value is -4.01. The monoisotopic (exact) mass is 369 g/mol. The Morgan fingerprint density at radius 3 is 2.74 bits per heavy atom. The van der Waals surface area contributed by atoms with E-state index in [0.29, 0.717) is 0 Å². The lowest BCUT2D eigenvalue weighted by atomic mass is 10.1. The number of carbonyl (C=O) groups excluding carboxylic acids is 1. The lowest BCUT2D eigenvalue weighted by Crippen LogP contribution is -2.17. The molecule has 1 heterocycles. The molecular formula is C18H12FN3O5. The van der Waals surface area contributed by atoms with E-state index in [-0.39, 0.29) is 28.4 Å². The van der Waals surface area contributed by atoms with E-state index in [9.17, 15) is 24.4 Å². The van der Waals surface area contributed by atoms with Crippen molar-refractivity contribution in [1.82, 2.24) is 5.43 Å². The highest BCUT2D eigenvalue weighted by molar-refractivity contribution is 5.97. The van der Waals surface area contributed by atoms with Gasteiger partial charge in [0.05, 0.1) is 28.3 Å². The van der Waals surface area contributed by atoms with Crippen LogP contribution < -0.4 is 5.43 Å². The molecule has 2 aromatic carbocycles. The summed E-state index contributed by atoms with van der Waals surface area (Å²) in [6.07, 6.45) is 1.19. The molecule has 3 rings (SSSR count). The van der Waals surface area contributed by atoms with E-state index in [2.05, 4.69) is 10.5 Å². The van der Waals surface area contributed by atoms with Crippen molar-refractivity contribution in [2.75, 3.05) is 0 Å². The van der Waals surface area contributed by atoms with E-state index >= 15 is 0 Å². The Morgan fingerprint density at radius 2 is 2.00 bits per heavy atom. The molecule has 27 heavy (non-hydrogen) atoms. The number of benzene rings is 2. The molecule has 0 saturated carbocycles. The molecule has 0 aliphatic heterocycles. The van der Waals surface area contributed by atoms with Crippen molar-refractivity contribution in [2.45, 2.75) is 0 Å². The molecule has 8 nitrogen and oxygen atoms in total. The van der Waals surface area contributed by atoms with Gasteiger partial charge in [-0.3, -0.25) is 14.9 Å². The molecule has 3 aromatic rings. The maximum atomic E-state index is 13.2. The zero-order valence-corrected chi connectivity index (χ0v) is 13.6. The van der Waals surface area contributed by atoms with Gasteiger partial charge in [-0.05, 0) is 36.4 Å². The molecule has 0 unspecified atom stereocenters. The molecule has 9 heteroatoms. The minimum Gasteiger partial charge on any atom is -0.507 e. The second-order valence-electron chi connectivity index (χ2n) is 5.34. The van der Waals surface area contributed by atoms with Crippen LogP contribution in [0.4, 0.5) is 10.1 Å². The van der Waals surface area contributed by atoms with Crippen molar-refractivity contribution >= 4 is 17.8 Å². The van der Waals surface area contributed by atoms with Gasteiger partial charge < -0.3 is 9.52 Å². The molecule has 2 N–H and O–H groups in total. The van der Waals surface area contributed by atoms with Gasteiger partial charge in [0.2, 0.25) is 0 Å². The summed E-state index contributed by atoms with van der Waals surface area (Å²) in [5, 5.41) is 24.4. The summed E-state index contributed by atoms with van der Waals surface area (Å²) in [7, 11) is 0. The molecule has 0 radical (unpaired) electrons. The lowest BCUT2D eigenvalue weighted by Gasteiger charge is -2.01. The van der Waals surface area contributed by atoms with Crippen LogP contribution in [-0.4, -0.2) is 22.2 Å². The number of furan rings is 1. The van der Waals surface area contributed by atoms with Crippen LogP contribution >= 0.6 is 0 Å². The molecule has 0 spiro atoms. The molecule has 136 valence electrons. The van der Waals surface area contributed by atoms with Crippen LogP contribution in [0.2, 0.25) is 0 Å². The molecule has 0 bridgehead atoms. The van der Waals surface area contributed by atoms with Crippen LogP contribution in [0, 0.1) is 15.9 Å². The number of phenolic OH excluding ortho intramolecular Hbond substituents is 1. The largest absolute Gasteiger partial charge is 0.507 e. The first-order chi connectivity index (χ1) is 13.0. The number of nitro benzene ring substituents is 1. The van der Waals surface area contributed by atoms with Gasteiger partial charge in [0.15, 0.2) is 0 Å². The zero-order valence-electron chi connectivity index (χ0n) is 13.6. The highest BCUT2D eigenvalue weighted by atomic mass is 19.1. The Labute approximate surface area is 151 Å². The average molecular weight is 369 g/mol.